The first-order valence-corrected chi connectivity index (χ1v) is 9.55. The molecule has 3 rings (SSSR count). The Hall–Kier alpha value is -3.35. The van der Waals surface area contributed by atoms with Crippen molar-refractivity contribution in [3.63, 3.8) is 0 Å². The van der Waals surface area contributed by atoms with Gasteiger partial charge < -0.3 is 20.5 Å². The van der Waals surface area contributed by atoms with Gasteiger partial charge in [0, 0.05) is 19.0 Å². The molecule has 0 spiro atoms. The van der Waals surface area contributed by atoms with Gasteiger partial charge in [-0.25, -0.2) is 4.79 Å². The average molecular weight is 396 g/mol. The molecular formula is C22H24N2O5. The predicted molar refractivity (Wildman–Crippen MR) is 107 cm³/mol. The minimum Gasteiger partial charge on any atom is -0.481 e. The lowest BCUT2D eigenvalue weighted by molar-refractivity contribution is -0.137. The fraction of sp³-hybridized carbons (Fsp3) is 0.318. The maximum absolute atomic E-state index is 12.1. The second-order valence-electron chi connectivity index (χ2n) is 7.04. The van der Waals surface area contributed by atoms with Gasteiger partial charge >= 0.3 is 12.1 Å². The summed E-state index contributed by atoms with van der Waals surface area (Å²) in [5.41, 5.74) is 4.58. The number of amides is 2. The monoisotopic (exact) mass is 396 g/mol. The molecule has 0 fully saturated rings. The average Bonchev–Trinajstić information content (AvgIpc) is 3.04. The third-order valence-electron chi connectivity index (χ3n) is 4.98. The summed E-state index contributed by atoms with van der Waals surface area (Å²) in [4.78, 5) is 34.5. The lowest BCUT2D eigenvalue weighted by atomic mass is 9.98. The summed E-state index contributed by atoms with van der Waals surface area (Å²) in [7, 11) is 0. The molecule has 3 N–H and O–H groups in total. The van der Waals surface area contributed by atoms with Crippen LogP contribution in [0.25, 0.3) is 11.1 Å². The molecule has 1 aliphatic carbocycles. The van der Waals surface area contributed by atoms with Gasteiger partial charge in [-0.2, -0.15) is 0 Å². The number of carboxylic acids is 1. The van der Waals surface area contributed by atoms with Crippen molar-refractivity contribution in [2.24, 2.45) is 5.92 Å². The highest BCUT2D eigenvalue weighted by Gasteiger charge is 2.29. The van der Waals surface area contributed by atoms with Crippen LogP contribution in [0.15, 0.2) is 48.5 Å². The Balaban J connectivity index is 1.50. The van der Waals surface area contributed by atoms with Gasteiger partial charge in [-0.05, 0) is 22.3 Å². The van der Waals surface area contributed by atoms with E-state index < -0.39 is 18.0 Å². The molecule has 2 aromatic rings. The number of aliphatic carboxylic acids is 1. The number of benzene rings is 2. The van der Waals surface area contributed by atoms with E-state index in [2.05, 4.69) is 22.8 Å². The molecule has 1 unspecified atom stereocenters. The molecule has 0 aromatic heterocycles. The Morgan fingerprint density at radius 3 is 2.17 bits per heavy atom. The third kappa shape index (κ3) is 4.93. The zero-order valence-corrected chi connectivity index (χ0v) is 16.2. The van der Waals surface area contributed by atoms with Crippen molar-refractivity contribution in [1.29, 1.82) is 0 Å². The first-order chi connectivity index (χ1) is 14.0. The van der Waals surface area contributed by atoms with Gasteiger partial charge in [0.25, 0.3) is 0 Å². The number of alkyl carbamates (subject to hydrolysis) is 1. The van der Waals surface area contributed by atoms with E-state index in [9.17, 15) is 14.4 Å². The Labute approximate surface area is 169 Å². The number of carbonyl (C=O) groups excluding carboxylic acids is 2. The summed E-state index contributed by atoms with van der Waals surface area (Å²) in [6.07, 6.45) is -0.727. The van der Waals surface area contributed by atoms with Crippen LogP contribution >= 0.6 is 0 Å². The van der Waals surface area contributed by atoms with Crippen molar-refractivity contribution in [1.82, 2.24) is 10.6 Å². The van der Waals surface area contributed by atoms with Gasteiger partial charge in [-0.3, -0.25) is 9.59 Å². The van der Waals surface area contributed by atoms with Crippen LogP contribution in [0.2, 0.25) is 0 Å². The molecule has 0 bridgehead atoms. The van der Waals surface area contributed by atoms with E-state index in [1.165, 1.54) is 0 Å². The van der Waals surface area contributed by atoms with E-state index >= 15 is 0 Å². The topological polar surface area (TPSA) is 105 Å². The van der Waals surface area contributed by atoms with Crippen LogP contribution in [0, 0.1) is 5.92 Å². The van der Waals surface area contributed by atoms with Crippen molar-refractivity contribution < 1.29 is 24.2 Å². The Bertz CT molecular complexity index is 866. The quantitative estimate of drug-likeness (QED) is 0.636. The number of carbonyl (C=O) groups is 3. The fourth-order valence-corrected chi connectivity index (χ4v) is 3.45. The normalized spacial score (nSPS) is 13.1. The van der Waals surface area contributed by atoms with E-state index in [0.29, 0.717) is 0 Å². The lowest BCUT2D eigenvalue weighted by Crippen LogP contribution is -2.38. The molecule has 1 aliphatic rings. The molecule has 2 amide bonds. The Morgan fingerprint density at radius 1 is 1.00 bits per heavy atom. The molecule has 0 saturated heterocycles. The molecule has 7 nitrogen and oxygen atoms in total. The minimum absolute atomic E-state index is 0.0232. The number of carboxylic acid groups (broad SMARTS) is 1. The third-order valence-corrected chi connectivity index (χ3v) is 4.98. The van der Waals surface area contributed by atoms with Crippen molar-refractivity contribution >= 4 is 18.0 Å². The van der Waals surface area contributed by atoms with E-state index in [1.807, 2.05) is 36.4 Å². The molecule has 152 valence electrons. The number of nitrogens with one attached hydrogen (secondary N) is 2. The summed E-state index contributed by atoms with van der Waals surface area (Å²) < 4.78 is 5.42. The van der Waals surface area contributed by atoms with E-state index in [1.54, 1.807) is 6.92 Å². The lowest BCUT2D eigenvalue weighted by Gasteiger charge is -2.16. The first kappa shape index (κ1) is 20.4. The Kier molecular flexibility index (Phi) is 6.49. The molecule has 2 aromatic carbocycles. The van der Waals surface area contributed by atoms with Crippen LogP contribution in [0.4, 0.5) is 4.79 Å². The highest BCUT2D eigenvalue weighted by Crippen LogP contribution is 2.44. The highest BCUT2D eigenvalue weighted by molar-refractivity contribution is 5.80. The zero-order valence-electron chi connectivity index (χ0n) is 16.2. The van der Waals surface area contributed by atoms with Crippen molar-refractivity contribution in [2.45, 2.75) is 19.3 Å². The maximum Gasteiger partial charge on any atom is 0.407 e. The van der Waals surface area contributed by atoms with Crippen LogP contribution in [0.5, 0.6) is 0 Å². The molecule has 29 heavy (non-hydrogen) atoms. The second kappa shape index (κ2) is 9.23. The second-order valence-corrected chi connectivity index (χ2v) is 7.04. The van der Waals surface area contributed by atoms with Crippen LogP contribution in [-0.4, -0.2) is 42.8 Å². The number of fused-ring (bicyclic) bond motifs is 3. The summed E-state index contributed by atoms with van der Waals surface area (Å²) in [6.45, 7) is 2.03. The van der Waals surface area contributed by atoms with Crippen molar-refractivity contribution in [3.8, 4) is 11.1 Å². The summed E-state index contributed by atoms with van der Waals surface area (Å²) in [6, 6.07) is 16.2. The number of hydrogen-bond acceptors (Lipinski definition) is 4. The summed E-state index contributed by atoms with van der Waals surface area (Å²) in [5, 5.41) is 13.7. The molecule has 0 aliphatic heterocycles. The van der Waals surface area contributed by atoms with Crippen molar-refractivity contribution in [2.75, 3.05) is 19.7 Å². The fourth-order valence-electron chi connectivity index (χ4n) is 3.45. The minimum atomic E-state index is -0.977. The SMILES string of the molecule is CC(CNC(=O)OCC1c2ccccc2-c2ccccc21)C(=O)NCCC(=O)O. The number of hydrogen-bond donors (Lipinski definition) is 3. The van der Waals surface area contributed by atoms with Crippen LogP contribution in [0.1, 0.15) is 30.4 Å². The van der Waals surface area contributed by atoms with Gasteiger partial charge in [0.05, 0.1) is 12.3 Å². The van der Waals surface area contributed by atoms with Gasteiger partial charge in [-0.1, -0.05) is 55.5 Å². The van der Waals surface area contributed by atoms with Crippen LogP contribution < -0.4 is 10.6 Å². The van der Waals surface area contributed by atoms with Crippen LogP contribution in [-0.2, 0) is 14.3 Å². The zero-order chi connectivity index (χ0) is 20.8. The van der Waals surface area contributed by atoms with E-state index in [4.69, 9.17) is 9.84 Å². The first-order valence-electron chi connectivity index (χ1n) is 9.55. The summed E-state index contributed by atoms with van der Waals surface area (Å²) >= 11 is 0. The van der Waals surface area contributed by atoms with E-state index in [0.717, 1.165) is 22.3 Å². The predicted octanol–water partition coefficient (Wildman–Crippen LogP) is 2.75. The molecule has 1 atom stereocenters. The molecule has 0 radical (unpaired) electrons. The van der Waals surface area contributed by atoms with Crippen LogP contribution in [0.3, 0.4) is 0 Å². The largest absolute Gasteiger partial charge is 0.481 e. The van der Waals surface area contributed by atoms with Gasteiger partial charge in [0.15, 0.2) is 0 Å². The smallest absolute Gasteiger partial charge is 0.407 e. The van der Waals surface area contributed by atoms with Crippen molar-refractivity contribution in [3.05, 3.63) is 59.7 Å². The molecule has 7 heteroatoms. The number of rotatable bonds is 8. The summed E-state index contributed by atoms with van der Waals surface area (Å²) in [5.74, 6) is -1.81. The van der Waals surface area contributed by atoms with Gasteiger partial charge in [-0.15, -0.1) is 0 Å². The molecule has 0 heterocycles. The van der Waals surface area contributed by atoms with Gasteiger partial charge in [0.1, 0.15) is 6.61 Å². The Morgan fingerprint density at radius 2 is 1.59 bits per heavy atom. The molecule has 0 saturated carbocycles. The highest BCUT2D eigenvalue weighted by atomic mass is 16.5. The number of ether oxygens (including phenoxy) is 1. The van der Waals surface area contributed by atoms with Gasteiger partial charge in [0.2, 0.25) is 5.91 Å². The molecular weight excluding hydrogens is 372 g/mol. The maximum atomic E-state index is 12.1. The van der Waals surface area contributed by atoms with E-state index in [-0.39, 0.29) is 37.9 Å². The standard InChI is InChI=1S/C22H24N2O5/c1-14(21(27)23-11-10-20(25)26)12-24-22(28)29-13-19-17-8-4-2-6-15(17)16-7-3-5-9-18(16)19/h2-9,14,19H,10-13H2,1H3,(H,23,27)(H,24,28)(H,25,26).